The molecule has 0 aliphatic heterocycles. The van der Waals surface area contributed by atoms with Gasteiger partial charge >= 0.3 is 6.18 Å². The standard InChI is InChI=1S/C18H17ClF3N3O2/c1-11(26)24-13-3-2-4-14(9-13)25-17(27)7-8-23-12-5-6-16(19)15(10-12)18(20,21)22/h2-6,9-10,23H,7-8H2,1H3,(H,24,26)(H,25,27). The molecule has 2 rings (SSSR count). The highest BCUT2D eigenvalue weighted by Gasteiger charge is 2.33. The van der Waals surface area contributed by atoms with Crippen LogP contribution in [0.2, 0.25) is 5.02 Å². The number of hydrogen-bond acceptors (Lipinski definition) is 3. The monoisotopic (exact) mass is 399 g/mol. The number of carbonyl (C=O) groups excluding carboxylic acids is 2. The number of hydrogen-bond donors (Lipinski definition) is 3. The van der Waals surface area contributed by atoms with Crippen molar-refractivity contribution in [1.29, 1.82) is 0 Å². The molecular formula is C18H17ClF3N3O2. The van der Waals surface area contributed by atoms with Crippen LogP contribution < -0.4 is 16.0 Å². The highest BCUT2D eigenvalue weighted by molar-refractivity contribution is 6.31. The molecule has 0 fully saturated rings. The van der Waals surface area contributed by atoms with E-state index in [0.717, 1.165) is 12.1 Å². The van der Waals surface area contributed by atoms with E-state index in [-0.39, 0.29) is 35.5 Å². The molecule has 0 saturated carbocycles. The zero-order valence-corrected chi connectivity index (χ0v) is 15.0. The summed E-state index contributed by atoms with van der Waals surface area (Å²) in [6.45, 7) is 1.51. The number of nitrogens with one attached hydrogen (secondary N) is 3. The summed E-state index contributed by atoms with van der Waals surface area (Å²) in [5, 5.41) is 7.63. The molecule has 0 heterocycles. The highest BCUT2D eigenvalue weighted by atomic mass is 35.5. The van der Waals surface area contributed by atoms with Crippen LogP contribution in [0.5, 0.6) is 0 Å². The van der Waals surface area contributed by atoms with Crippen molar-refractivity contribution in [3.63, 3.8) is 0 Å². The Bertz CT molecular complexity index is 841. The smallest absolute Gasteiger partial charge is 0.385 e. The molecule has 2 aromatic carbocycles. The van der Waals surface area contributed by atoms with Gasteiger partial charge in [-0.3, -0.25) is 9.59 Å². The predicted molar refractivity (Wildman–Crippen MR) is 98.9 cm³/mol. The van der Waals surface area contributed by atoms with Crippen LogP contribution in [0.1, 0.15) is 18.9 Å². The molecule has 0 aliphatic carbocycles. The normalized spacial score (nSPS) is 11.0. The first-order chi connectivity index (χ1) is 12.6. The molecule has 144 valence electrons. The van der Waals surface area contributed by atoms with Gasteiger partial charge in [0.1, 0.15) is 0 Å². The minimum absolute atomic E-state index is 0.0361. The Balaban J connectivity index is 1.89. The summed E-state index contributed by atoms with van der Waals surface area (Å²) in [4.78, 5) is 23.0. The van der Waals surface area contributed by atoms with Crippen LogP contribution in [0.3, 0.4) is 0 Å². The van der Waals surface area contributed by atoms with E-state index in [1.54, 1.807) is 24.3 Å². The van der Waals surface area contributed by atoms with E-state index in [1.165, 1.54) is 13.0 Å². The van der Waals surface area contributed by atoms with E-state index in [1.807, 2.05) is 0 Å². The van der Waals surface area contributed by atoms with E-state index in [2.05, 4.69) is 16.0 Å². The number of anilines is 3. The number of carbonyl (C=O) groups is 2. The molecule has 3 N–H and O–H groups in total. The van der Waals surface area contributed by atoms with Crippen molar-refractivity contribution in [3.05, 3.63) is 53.1 Å². The summed E-state index contributed by atoms with van der Waals surface area (Å²) in [6, 6.07) is 10.1. The summed E-state index contributed by atoms with van der Waals surface area (Å²) in [5.74, 6) is -0.559. The summed E-state index contributed by atoms with van der Waals surface area (Å²) in [5.41, 5.74) is 0.317. The van der Waals surface area contributed by atoms with E-state index in [4.69, 9.17) is 11.6 Å². The second-order valence-corrected chi connectivity index (χ2v) is 6.09. The Morgan fingerprint density at radius 1 is 1.00 bits per heavy atom. The molecule has 0 bridgehead atoms. The van der Waals surface area contributed by atoms with Crippen molar-refractivity contribution in [2.24, 2.45) is 0 Å². The molecule has 0 aliphatic rings. The van der Waals surface area contributed by atoms with E-state index in [9.17, 15) is 22.8 Å². The third-order valence-electron chi connectivity index (χ3n) is 3.42. The van der Waals surface area contributed by atoms with Crippen LogP contribution >= 0.6 is 11.6 Å². The SMILES string of the molecule is CC(=O)Nc1cccc(NC(=O)CCNc2ccc(Cl)c(C(F)(F)F)c2)c1. The summed E-state index contributed by atoms with van der Waals surface area (Å²) in [7, 11) is 0. The van der Waals surface area contributed by atoms with Gasteiger partial charge in [0.05, 0.1) is 10.6 Å². The van der Waals surface area contributed by atoms with Crippen molar-refractivity contribution in [1.82, 2.24) is 0 Å². The molecule has 27 heavy (non-hydrogen) atoms. The van der Waals surface area contributed by atoms with Crippen molar-refractivity contribution >= 4 is 40.5 Å². The zero-order valence-electron chi connectivity index (χ0n) is 14.3. The lowest BCUT2D eigenvalue weighted by Crippen LogP contribution is -2.16. The lowest BCUT2D eigenvalue weighted by molar-refractivity contribution is -0.137. The van der Waals surface area contributed by atoms with Gasteiger partial charge in [-0.15, -0.1) is 0 Å². The molecule has 0 unspecified atom stereocenters. The number of benzene rings is 2. The fourth-order valence-corrected chi connectivity index (χ4v) is 2.50. The minimum Gasteiger partial charge on any atom is -0.385 e. The van der Waals surface area contributed by atoms with Gasteiger partial charge in [0.15, 0.2) is 0 Å². The van der Waals surface area contributed by atoms with Gasteiger partial charge in [-0.25, -0.2) is 0 Å². The second kappa shape index (κ2) is 8.77. The van der Waals surface area contributed by atoms with Gasteiger partial charge < -0.3 is 16.0 Å². The first-order valence-corrected chi connectivity index (χ1v) is 8.31. The van der Waals surface area contributed by atoms with E-state index < -0.39 is 11.7 Å². The van der Waals surface area contributed by atoms with Gasteiger partial charge in [0.2, 0.25) is 11.8 Å². The molecule has 5 nitrogen and oxygen atoms in total. The van der Waals surface area contributed by atoms with Gasteiger partial charge in [-0.2, -0.15) is 13.2 Å². The maximum Gasteiger partial charge on any atom is 0.417 e. The van der Waals surface area contributed by atoms with Crippen LogP contribution in [0.15, 0.2) is 42.5 Å². The summed E-state index contributed by atoms with van der Waals surface area (Å²) < 4.78 is 38.5. The quantitative estimate of drug-likeness (QED) is 0.656. The Kier molecular flexibility index (Phi) is 6.68. The zero-order chi connectivity index (χ0) is 20.0. The third-order valence-corrected chi connectivity index (χ3v) is 3.75. The van der Waals surface area contributed by atoms with Gasteiger partial charge in [-0.05, 0) is 36.4 Å². The largest absolute Gasteiger partial charge is 0.417 e. The molecule has 0 radical (unpaired) electrons. The maximum atomic E-state index is 12.8. The first-order valence-electron chi connectivity index (χ1n) is 7.93. The predicted octanol–water partition coefficient (Wildman–Crippen LogP) is 4.76. The van der Waals surface area contributed by atoms with Crippen LogP contribution in [0, 0.1) is 0 Å². The van der Waals surface area contributed by atoms with Crippen molar-refractivity contribution in [3.8, 4) is 0 Å². The lowest BCUT2D eigenvalue weighted by Gasteiger charge is -2.12. The van der Waals surface area contributed by atoms with Gasteiger partial charge in [0, 0.05) is 37.0 Å². The van der Waals surface area contributed by atoms with Crippen LogP contribution in [-0.4, -0.2) is 18.4 Å². The number of rotatable bonds is 6. The molecule has 0 atom stereocenters. The Labute approximate surface area is 158 Å². The molecule has 2 aromatic rings. The molecule has 9 heteroatoms. The van der Waals surface area contributed by atoms with Gasteiger partial charge in [-0.1, -0.05) is 17.7 Å². The van der Waals surface area contributed by atoms with Gasteiger partial charge in [0.25, 0.3) is 0 Å². The lowest BCUT2D eigenvalue weighted by atomic mass is 10.2. The average molecular weight is 400 g/mol. The Morgan fingerprint density at radius 2 is 1.67 bits per heavy atom. The Morgan fingerprint density at radius 3 is 2.30 bits per heavy atom. The van der Waals surface area contributed by atoms with E-state index in [0.29, 0.717) is 11.4 Å². The number of alkyl halides is 3. The van der Waals surface area contributed by atoms with Crippen LogP contribution in [-0.2, 0) is 15.8 Å². The second-order valence-electron chi connectivity index (χ2n) is 5.68. The topological polar surface area (TPSA) is 70.2 Å². The highest BCUT2D eigenvalue weighted by Crippen LogP contribution is 2.36. The molecule has 0 saturated heterocycles. The summed E-state index contributed by atoms with van der Waals surface area (Å²) in [6.07, 6.45) is -4.51. The summed E-state index contributed by atoms with van der Waals surface area (Å²) >= 11 is 5.56. The van der Waals surface area contributed by atoms with Crippen molar-refractivity contribution < 1.29 is 22.8 Å². The van der Waals surface area contributed by atoms with Crippen molar-refractivity contribution in [2.45, 2.75) is 19.5 Å². The van der Waals surface area contributed by atoms with Crippen molar-refractivity contribution in [2.75, 3.05) is 22.5 Å². The average Bonchev–Trinajstić information content (AvgIpc) is 2.55. The van der Waals surface area contributed by atoms with Crippen LogP contribution in [0.4, 0.5) is 30.2 Å². The first kappa shape index (κ1) is 20.6. The van der Waals surface area contributed by atoms with E-state index >= 15 is 0 Å². The Hall–Kier alpha value is -2.74. The molecular weight excluding hydrogens is 383 g/mol. The molecule has 0 spiro atoms. The third kappa shape index (κ3) is 6.49. The minimum atomic E-state index is -4.55. The number of amides is 2. The molecule has 0 aromatic heterocycles. The molecule has 2 amide bonds. The maximum absolute atomic E-state index is 12.8. The van der Waals surface area contributed by atoms with Crippen LogP contribution in [0.25, 0.3) is 0 Å². The fourth-order valence-electron chi connectivity index (χ4n) is 2.27. The fraction of sp³-hybridized carbons (Fsp3) is 0.222. The number of halogens is 4.